The summed E-state index contributed by atoms with van der Waals surface area (Å²) in [6.45, 7) is 2.20. The van der Waals surface area contributed by atoms with Crippen LogP contribution in [0.2, 0.25) is 5.21 Å². The van der Waals surface area contributed by atoms with E-state index in [0.29, 0.717) is 0 Å². The Morgan fingerprint density at radius 2 is 1.71 bits per heavy atom. The largest absolute Gasteiger partial charge is 1.00 e. The van der Waals surface area contributed by atoms with E-state index >= 15 is 0 Å². The minimum atomic E-state index is 0. The fourth-order valence-corrected chi connectivity index (χ4v) is 0.822. The minimum absolute atomic E-state index is 0. The topological polar surface area (TPSA) is 0 Å². The maximum atomic E-state index is 2.58. The molecule has 0 aromatic heterocycles. The molecule has 7 heavy (non-hydrogen) atoms. The summed E-state index contributed by atoms with van der Waals surface area (Å²) in [5.74, 6) is 0. The first-order chi connectivity index (χ1) is 2.41. The maximum Gasteiger partial charge on any atom is -1.00 e. The summed E-state index contributed by atoms with van der Waals surface area (Å²) in [4.78, 5) is 0. The fourth-order valence-electron chi connectivity index (χ4n) is 0.158. The van der Waals surface area contributed by atoms with Crippen molar-refractivity contribution in [2.45, 2.75) is 25.0 Å². The number of unbranched alkanes of at least 4 members (excludes halogenated alkanes) is 1. The predicted molar refractivity (Wildman–Crippen MR) is 25.5 cm³/mol. The standard InChI is InChI=1S/C4H9As.2ClH/c1-2-3-4-5;;/h2-4H2,1H3;2*1H/p-2. The second-order valence-electron chi connectivity index (χ2n) is 1.08. The van der Waals surface area contributed by atoms with Gasteiger partial charge in [-0.15, -0.1) is 0 Å². The molecule has 0 amide bonds. The molecule has 0 aromatic carbocycles. The average molecular weight is 203 g/mol. The molecular weight excluding hydrogens is 194 g/mol. The Hall–Kier alpha value is 1.14. The molecule has 0 heterocycles. The fraction of sp³-hybridized carbons (Fsp3) is 1.00. The molecule has 2 radical (unpaired) electrons. The predicted octanol–water partition coefficient (Wildman–Crippen LogP) is -4.62. The third-order valence-electron chi connectivity index (χ3n) is 0.512. The van der Waals surface area contributed by atoms with E-state index in [2.05, 4.69) is 23.8 Å². The number of halogens is 2. The number of rotatable bonds is 2. The Labute approximate surface area is 66.8 Å². The molecule has 0 saturated carbocycles. The molecule has 0 N–H and O–H groups in total. The normalized spacial score (nSPS) is 6.00. The number of hydrogen-bond donors (Lipinski definition) is 0. The molecule has 0 atom stereocenters. The van der Waals surface area contributed by atoms with E-state index < -0.39 is 0 Å². The molecule has 0 aliphatic rings. The summed E-state index contributed by atoms with van der Waals surface area (Å²) >= 11 is 2.58. The van der Waals surface area contributed by atoms with Gasteiger partial charge in [0, 0.05) is 0 Å². The van der Waals surface area contributed by atoms with Crippen LogP contribution in [0.4, 0.5) is 0 Å². The average Bonchev–Trinajstić information content (AvgIpc) is 1.41. The summed E-state index contributed by atoms with van der Waals surface area (Å²) in [6.07, 6.45) is 2.69. The Morgan fingerprint density at radius 3 is 1.71 bits per heavy atom. The summed E-state index contributed by atoms with van der Waals surface area (Å²) in [5, 5.41) is 1.28. The first-order valence-corrected chi connectivity index (χ1v) is 3.35. The van der Waals surface area contributed by atoms with Gasteiger partial charge in [-0.05, 0) is 0 Å². The van der Waals surface area contributed by atoms with Crippen LogP contribution in [-0.4, -0.2) is 16.9 Å². The van der Waals surface area contributed by atoms with Gasteiger partial charge in [0.15, 0.2) is 0 Å². The molecule has 0 unspecified atom stereocenters. The van der Waals surface area contributed by atoms with E-state index in [1.807, 2.05) is 0 Å². The molecule has 3 heteroatoms. The van der Waals surface area contributed by atoms with Crippen LogP contribution in [0.15, 0.2) is 0 Å². The van der Waals surface area contributed by atoms with Crippen LogP contribution in [0.1, 0.15) is 19.8 Å². The second kappa shape index (κ2) is 15.7. The van der Waals surface area contributed by atoms with Gasteiger partial charge < -0.3 is 24.8 Å². The molecule has 0 aromatic rings. The zero-order valence-corrected chi connectivity index (χ0v) is 7.71. The zero-order valence-electron chi connectivity index (χ0n) is 4.32. The smallest absolute Gasteiger partial charge is 1.00 e. The molecule has 0 rings (SSSR count). The molecule has 0 saturated heterocycles. The maximum absolute atomic E-state index is 2.58. The van der Waals surface area contributed by atoms with Crippen molar-refractivity contribution in [1.29, 1.82) is 0 Å². The molecule has 46 valence electrons. The molecule has 0 aliphatic carbocycles. The zero-order chi connectivity index (χ0) is 4.12. The van der Waals surface area contributed by atoms with Crippen molar-refractivity contribution in [1.82, 2.24) is 0 Å². The van der Waals surface area contributed by atoms with Gasteiger partial charge in [0.05, 0.1) is 0 Å². The molecular formula is C4H9AsCl2-2. The molecule has 0 spiro atoms. The minimum Gasteiger partial charge on any atom is -1.00 e. The van der Waals surface area contributed by atoms with Gasteiger partial charge in [0.25, 0.3) is 0 Å². The third-order valence-corrected chi connectivity index (χ3v) is 1.18. The summed E-state index contributed by atoms with van der Waals surface area (Å²) in [7, 11) is 0. The van der Waals surface area contributed by atoms with Crippen LogP contribution in [0, 0.1) is 0 Å². The van der Waals surface area contributed by atoms with Crippen LogP contribution < -0.4 is 24.8 Å². The van der Waals surface area contributed by atoms with E-state index in [1.54, 1.807) is 0 Å². The Bertz CT molecular complexity index is 17.2. The quantitative estimate of drug-likeness (QED) is 0.396. The molecule has 0 nitrogen and oxygen atoms in total. The van der Waals surface area contributed by atoms with Gasteiger partial charge in [-0.2, -0.15) is 0 Å². The van der Waals surface area contributed by atoms with Crippen molar-refractivity contribution >= 4 is 16.9 Å². The third kappa shape index (κ3) is 19.1. The van der Waals surface area contributed by atoms with E-state index in [9.17, 15) is 0 Å². The van der Waals surface area contributed by atoms with E-state index in [1.165, 1.54) is 18.1 Å². The second-order valence-corrected chi connectivity index (χ2v) is 2.02. The summed E-state index contributed by atoms with van der Waals surface area (Å²) < 4.78 is 0. The van der Waals surface area contributed by atoms with Crippen LogP contribution in [0.3, 0.4) is 0 Å². The molecule has 0 fully saturated rings. The van der Waals surface area contributed by atoms with Gasteiger partial charge >= 0.3 is 41.8 Å². The van der Waals surface area contributed by atoms with Gasteiger partial charge in [0.2, 0.25) is 0 Å². The Balaban J connectivity index is -0.0000000800. The number of hydrogen-bond acceptors (Lipinski definition) is 0. The van der Waals surface area contributed by atoms with Crippen LogP contribution in [0.5, 0.6) is 0 Å². The van der Waals surface area contributed by atoms with Gasteiger partial charge in [-0.25, -0.2) is 0 Å². The van der Waals surface area contributed by atoms with Crippen LogP contribution >= 0.6 is 0 Å². The Morgan fingerprint density at radius 1 is 1.29 bits per heavy atom. The van der Waals surface area contributed by atoms with Gasteiger partial charge in [-0.3, -0.25) is 0 Å². The van der Waals surface area contributed by atoms with Crippen molar-refractivity contribution in [2.24, 2.45) is 0 Å². The van der Waals surface area contributed by atoms with E-state index in [-0.39, 0.29) is 24.8 Å². The van der Waals surface area contributed by atoms with E-state index in [0.717, 1.165) is 0 Å². The first kappa shape index (κ1) is 15.7. The van der Waals surface area contributed by atoms with Crippen LogP contribution in [-0.2, 0) is 0 Å². The molecule has 0 aliphatic heterocycles. The van der Waals surface area contributed by atoms with Gasteiger partial charge in [0.1, 0.15) is 0 Å². The van der Waals surface area contributed by atoms with Gasteiger partial charge in [-0.1, -0.05) is 0 Å². The van der Waals surface area contributed by atoms with Crippen molar-refractivity contribution in [3.05, 3.63) is 0 Å². The summed E-state index contributed by atoms with van der Waals surface area (Å²) in [6, 6.07) is 0. The van der Waals surface area contributed by atoms with Crippen LogP contribution in [0.25, 0.3) is 0 Å². The van der Waals surface area contributed by atoms with E-state index in [4.69, 9.17) is 0 Å². The molecule has 0 bridgehead atoms. The monoisotopic (exact) mass is 202 g/mol. The van der Waals surface area contributed by atoms with Crippen molar-refractivity contribution in [2.75, 3.05) is 0 Å². The summed E-state index contributed by atoms with van der Waals surface area (Å²) in [5.41, 5.74) is 0. The first-order valence-electron chi connectivity index (χ1n) is 2.02. The Kier molecular flexibility index (Phi) is 35.2. The van der Waals surface area contributed by atoms with Crippen molar-refractivity contribution < 1.29 is 24.8 Å². The van der Waals surface area contributed by atoms with Crippen molar-refractivity contribution in [3.63, 3.8) is 0 Å². The van der Waals surface area contributed by atoms with Crippen molar-refractivity contribution in [3.8, 4) is 0 Å². The SMILES string of the molecule is CCCC[As].[Cl-].[Cl-].